The van der Waals surface area contributed by atoms with Gasteiger partial charge in [-0.1, -0.05) is 12.1 Å². The van der Waals surface area contributed by atoms with Gasteiger partial charge >= 0.3 is 0 Å². The molecular weight excluding hydrogens is 398 g/mol. The van der Waals surface area contributed by atoms with Crippen molar-refractivity contribution in [1.29, 1.82) is 0 Å². The maximum Gasteiger partial charge on any atom is 0.232 e. The standard InChI is InChI=1S/C23H30ClN5O/c24-14-5-6-16-15(11-14)21(25-19-12-29-9-7-13(19)8-10-29)20(23(30)28-16)22-26-17-3-1-2-4-18(17)27-22/h1-4,13-16,19-21,25H,5-12H2,(H,26,27)(H,28,30). The number of alkyl halides is 1. The predicted molar refractivity (Wildman–Crippen MR) is 118 cm³/mol. The lowest BCUT2D eigenvalue weighted by atomic mass is 9.70. The van der Waals surface area contributed by atoms with Crippen LogP contribution in [-0.4, -0.2) is 63.9 Å². The van der Waals surface area contributed by atoms with Gasteiger partial charge in [0.2, 0.25) is 5.91 Å². The molecule has 5 aliphatic rings. The number of piperidine rings is 4. The number of hydrogen-bond donors (Lipinski definition) is 3. The van der Waals surface area contributed by atoms with Crippen LogP contribution in [0.5, 0.6) is 0 Å². The Morgan fingerprint density at radius 2 is 1.97 bits per heavy atom. The Labute approximate surface area is 182 Å². The molecule has 1 amide bonds. The van der Waals surface area contributed by atoms with E-state index < -0.39 is 0 Å². The maximum absolute atomic E-state index is 13.4. The number of nitrogens with zero attached hydrogens (tertiary/aromatic N) is 2. The van der Waals surface area contributed by atoms with Crippen molar-refractivity contribution in [2.45, 2.75) is 61.5 Å². The molecule has 7 rings (SSSR count). The van der Waals surface area contributed by atoms with Crippen LogP contribution in [-0.2, 0) is 4.79 Å². The van der Waals surface area contributed by atoms with E-state index in [1.807, 2.05) is 24.3 Å². The highest BCUT2D eigenvalue weighted by molar-refractivity contribution is 6.20. The first kappa shape index (κ1) is 19.1. The first-order valence-electron chi connectivity index (χ1n) is 11.5. The summed E-state index contributed by atoms with van der Waals surface area (Å²) >= 11 is 6.63. The molecule has 0 spiro atoms. The number of aromatic amines is 1. The van der Waals surface area contributed by atoms with Gasteiger partial charge in [0.1, 0.15) is 11.7 Å². The Kier molecular flexibility index (Phi) is 4.77. The molecule has 2 bridgehead atoms. The molecule has 7 heteroatoms. The minimum atomic E-state index is -0.309. The van der Waals surface area contributed by atoms with Gasteiger partial charge in [-0.2, -0.15) is 0 Å². The summed E-state index contributed by atoms with van der Waals surface area (Å²) in [6, 6.07) is 8.76. The smallest absolute Gasteiger partial charge is 0.232 e. The lowest BCUT2D eigenvalue weighted by Crippen LogP contribution is -2.66. The van der Waals surface area contributed by atoms with Crippen LogP contribution in [0.25, 0.3) is 11.0 Å². The molecule has 0 radical (unpaired) electrons. The van der Waals surface area contributed by atoms with E-state index in [1.54, 1.807) is 0 Å². The van der Waals surface area contributed by atoms with Gasteiger partial charge in [0, 0.05) is 30.0 Å². The number of carbonyl (C=O) groups excluding carboxylic acids is 1. The van der Waals surface area contributed by atoms with Crippen molar-refractivity contribution in [1.82, 2.24) is 25.5 Å². The van der Waals surface area contributed by atoms with Crippen LogP contribution >= 0.6 is 11.6 Å². The van der Waals surface area contributed by atoms with Gasteiger partial charge in [-0.15, -0.1) is 11.6 Å². The van der Waals surface area contributed by atoms with Crippen LogP contribution in [0.2, 0.25) is 0 Å². The van der Waals surface area contributed by atoms with Gasteiger partial charge in [0.05, 0.1) is 11.0 Å². The Hall–Kier alpha value is -1.63. The monoisotopic (exact) mass is 427 g/mol. The molecular formula is C23H30ClN5O. The quantitative estimate of drug-likeness (QED) is 0.658. The van der Waals surface area contributed by atoms with Crippen molar-refractivity contribution in [2.75, 3.05) is 19.6 Å². The largest absolute Gasteiger partial charge is 0.352 e. The zero-order valence-electron chi connectivity index (χ0n) is 17.2. The van der Waals surface area contributed by atoms with E-state index in [1.165, 1.54) is 25.9 Å². The van der Waals surface area contributed by atoms with E-state index >= 15 is 0 Å². The van der Waals surface area contributed by atoms with Crippen LogP contribution in [0.1, 0.15) is 43.8 Å². The molecule has 1 aliphatic carbocycles. The number of benzene rings is 1. The molecule has 1 aromatic heterocycles. The van der Waals surface area contributed by atoms with E-state index in [-0.39, 0.29) is 29.3 Å². The summed E-state index contributed by atoms with van der Waals surface area (Å²) in [5, 5.41) is 7.52. The van der Waals surface area contributed by atoms with E-state index in [2.05, 4.69) is 20.5 Å². The number of nitrogens with one attached hydrogen (secondary N) is 3. The fourth-order valence-corrected chi connectivity index (χ4v) is 6.78. The number of para-hydroxylation sites is 2. The summed E-state index contributed by atoms with van der Waals surface area (Å²) in [4.78, 5) is 24.2. The van der Waals surface area contributed by atoms with Crippen molar-refractivity contribution in [2.24, 2.45) is 11.8 Å². The Balaban J connectivity index is 1.36. The Morgan fingerprint density at radius 3 is 2.73 bits per heavy atom. The van der Waals surface area contributed by atoms with Crippen LogP contribution in [0.3, 0.4) is 0 Å². The zero-order chi connectivity index (χ0) is 20.2. The fraction of sp³-hybridized carbons (Fsp3) is 0.652. The highest BCUT2D eigenvalue weighted by Gasteiger charge is 2.49. The zero-order valence-corrected chi connectivity index (χ0v) is 17.9. The van der Waals surface area contributed by atoms with Crippen LogP contribution < -0.4 is 10.6 Å². The second-order valence-electron chi connectivity index (χ2n) is 9.74. The molecule has 5 heterocycles. The van der Waals surface area contributed by atoms with Crippen molar-refractivity contribution in [3.63, 3.8) is 0 Å². The third kappa shape index (κ3) is 3.24. The van der Waals surface area contributed by atoms with E-state index in [9.17, 15) is 4.79 Å². The molecule has 4 aliphatic heterocycles. The third-order valence-electron chi connectivity index (χ3n) is 8.03. The normalized spacial score (nSPS) is 40.9. The molecule has 6 atom stereocenters. The van der Waals surface area contributed by atoms with E-state index in [0.717, 1.165) is 42.7 Å². The lowest BCUT2D eigenvalue weighted by molar-refractivity contribution is -0.128. The molecule has 30 heavy (non-hydrogen) atoms. The number of aromatic nitrogens is 2. The second-order valence-corrected chi connectivity index (χ2v) is 10.4. The molecule has 1 aromatic carbocycles. The number of fused-ring (bicyclic) bond motifs is 5. The molecule has 6 nitrogen and oxygen atoms in total. The molecule has 1 saturated carbocycles. The minimum Gasteiger partial charge on any atom is -0.352 e. The first-order chi connectivity index (χ1) is 14.7. The van der Waals surface area contributed by atoms with Crippen LogP contribution in [0.15, 0.2) is 24.3 Å². The predicted octanol–water partition coefficient (Wildman–Crippen LogP) is 2.60. The summed E-state index contributed by atoms with van der Waals surface area (Å²) in [7, 11) is 0. The average Bonchev–Trinajstić information content (AvgIpc) is 3.19. The number of carbonyl (C=O) groups is 1. The maximum atomic E-state index is 13.4. The van der Waals surface area contributed by atoms with Gasteiger partial charge < -0.3 is 20.5 Å². The van der Waals surface area contributed by atoms with E-state index in [0.29, 0.717) is 17.9 Å². The molecule has 2 aromatic rings. The van der Waals surface area contributed by atoms with Crippen molar-refractivity contribution in [3.05, 3.63) is 30.1 Å². The lowest BCUT2D eigenvalue weighted by Gasteiger charge is -2.51. The third-order valence-corrected chi connectivity index (χ3v) is 8.43. The van der Waals surface area contributed by atoms with Gasteiger partial charge in [-0.05, 0) is 69.2 Å². The van der Waals surface area contributed by atoms with Crippen molar-refractivity contribution >= 4 is 28.5 Å². The summed E-state index contributed by atoms with van der Waals surface area (Å²) in [6.07, 6.45) is 5.42. The molecule has 3 N–H and O–H groups in total. The minimum absolute atomic E-state index is 0.0661. The van der Waals surface area contributed by atoms with Gasteiger partial charge in [0.15, 0.2) is 0 Å². The number of H-pyrrole nitrogens is 1. The summed E-state index contributed by atoms with van der Waals surface area (Å²) in [6.45, 7) is 3.53. The molecule has 6 unspecified atom stereocenters. The van der Waals surface area contributed by atoms with Gasteiger partial charge in [-0.3, -0.25) is 4.79 Å². The van der Waals surface area contributed by atoms with Gasteiger partial charge in [-0.25, -0.2) is 4.98 Å². The van der Waals surface area contributed by atoms with Crippen molar-refractivity contribution in [3.8, 4) is 0 Å². The first-order valence-corrected chi connectivity index (χ1v) is 12.0. The summed E-state index contributed by atoms with van der Waals surface area (Å²) in [5.74, 6) is 1.62. The number of halogens is 1. The van der Waals surface area contributed by atoms with Crippen molar-refractivity contribution < 1.29 is 4.79 Å². The van der Waals surface area contributed by atoms with E-state index in [4.69, 9.17) is 16.6 Å². The number of rotatable bonds is 3. The average molecular weight is 428 g/mol. The molecule has 160 valence electrons. The Morgan fingerprint density at radius 1 is 1.13 bits per heavy atom. The summed E-state index contributed by atoms with van der Waals surface area (Å²) < 4.78 is 0. The van der Waals surface area contributed by atoms with Gasteiger partial charge in [0.25, 0.3) is 0 Å². The highest BCUT2D eigenvalue weighted by atomic mass is 35.5. The fourth-order valence-electron chi connectivity index (χ4n) is 6.45. The topological polar surface area (TPSA) is 73.1 Å². The molecule has 5 fully saturated rings. The number of imidazole rings is 1. The summed E-state index contributed by atoms with van der Waals surface area (Å²) in [5.41, 5.74) is 1.91. The van der Waals surface area contributed by atoms with Crippen LogP contribution in [0.4, 0.5) is 0 Å². The van der Waals surface area contributed by atoms with Crippen LogP contribution in [0, 0.1) is 11.8 Å². The second kappa shape index (κ2) is 7.50. The number of hydrogen-bond acceptors (Lipinski definition) is 4. The highest BCUT2D eigenvalue weighted by Crippen LogP contribution is 2.40. The molecule has 4 saturated heterocycles. The number of amides is 1. The SMILES string of the molecule is O=C1NC2CCC(Cl)CC2C(NC2CN3CCC2CC3)C1c1nc2ccccc2[nH]1. The Bertz CT molecular complexity index is 906.